The van der Waals surface area contributed by atoms with E-state index in [0.717, 1.165) is 31.2 Å². The van der Waals surface area contributed by atoms with E-state index in [-0.39, 0.29) is 30.2 Å². The molecule has 7 nitrogen and oxygen atoms in total. The van der Waals surface area contributed by atoms with Crippen LogP contribution in [0.1, 0.15) is 66.8 Å². The fraction of sp³-hybridized carbons (Fsp3) is 0.379. The van der Waals surface area contributed by atoms with E-state index in [1.807, 2.05) is 55.5 Å². The lowest BCUT2D eigenvalue weighted by atomic mass is 9.94. The number of rotatable bonds is 10. The Bertz CT molecular complexity index is 1120. The van der Waals surface area contributed by atoms with E-state index >= 15 is 0 Å². The number of ether oxygens (including phenoxy) is 2. The molecule has 1 N–H and O–H groups in total. The van der Waals surface area contributed by atoms with Crippen LogP contribution in [0, 0.1) is 0 Å². The molecule has 1 fully saturated rings. The second-order valence-electron chi connectivity index (χ2n) is 8.97. The molecule has 2 amide bonds. The van der Waals surface area contributed by atoms with Crippen LogP contribution >= 0.6 is 0 Å². The first kappa shape index (κ1) is 25.4. The molecule has 0 radical (unpaired) electrons. The van der Waals surface area contributed by atoms with Crippen LogP contribution in [0.2, 0.25) is 0 Å². The van der Waals surface area contributed by atoms with Gasteiger partial charge in [-0.2, -0.15) is 0 Å². The minimum Gasteiger partial charge on any atom is -0.496 e. The number of methoxy groups -OCH3 is 1. The predicted molar refractivity (Wildman–Crippen MR) is 137 cm³/mol. The molecule has 0 aliphatic heterocycles. The average Bonchev–Trinajstić information content (AvgIpc) is 3.45. The van der Waals surface area contributed by atoms with E-state index in [9.17, 15) is 9.59 Å². The minimum absolute atomic E-state index is 0.100. The molecule has 2 aromatic carbocycles. The molecule has 36 heavy (non-hydrogen) atoms. The van der Waals surface area contributed by atoms with Crippen molar-refractivity contribution < 1.29 is 23.5 Å². The number of hydrogen-bond acceptors (Lipinski definition) is 5. The van der Waals surface area contributed by atoms with E-state index in [0.29, 0.717) is 23.7 Å². The second kappa shape index (κ2) is 12.3. The number of benzene rings is 2. The SMILES string of the molecule is CCOc1ccc([C@H](C(=O)NC2CCCCC2)N(Cc2ccccc2OC)C(=O)c2ccco2)cc1. The maximum Gasteiger partial charge on any atom is 0.290 e. The number of carbonyl (C=O) groups is 2. The molecular formula is C29H34N2O5. The molecule has 0 saturated heterocycles. The van der Waals surface area contributed by atoms with Gasteiger partial charge in [0, 0.05) is 11.6 Å². The van der Waals surface area contributed by atoms with E-state index < -0.39 is 6.04 Å². The third-order valence-electron chi connectivity index (χ3n) is 6.54. The Morgan fingerprint density at radius 3 is 2.44 bits per heavy atom. The average molecular weight is 491 g/mol. The number of nitrogens with one attached hydrogen (secondary N) is 1. The maximum absolute atomic E-state index is 13.9. The van der Waals surface area contributed by atoms with Gasteiger partial charge >= 0.3 is 0 Å². The van der Waals surface area contributed by atoms with Gasteiger partial charge < -0.3 is 24.1 Å². The number of carbonyl (C=O) groups excluding carboxylic acids is 2. The van der Waals surface area contributed by atoms with Gasteiger partial charge in [0.05, 0.1) is 26.5 Å². The zero-order valence-corrected chi connectivity index (χ0v) is 20.9. The fourth-order valence-electron chi connectivity index (χ4n) is 4.75. The summed E-state index contributed by atoms with van der Waals surface area (Å²) in [5.74, 6) is 0.949. The van der Waals surface area contributed by atoms with Gasteiger partial charge in [-0.1, -0.05) is 49.6 Å². The Balaban J connectivity index is 1.74. The van der Waals surface area contributed by atoms with Crippen LogP contribution in [0.15, 0.2) is 71.3 Å². The van der Waals surface area contributed by atoms with Crippen molar-refractivity contribution in [3.05, 3.63) is 83.8 Å². The van der Waals surface area contributed by atoms with Crippen molar-refractivity contribution in [2.24, 2.45) is 0 Å². The molecule has 0 bridgehead atoms. The highest BCUT2D eigenvalue weighted by molar-refractivity contribution is 5.96. The second-order valence-corrected chi connectivity index (χ2v) is 8.97. The summed E-state index contributed by atoms with van der Waals surface area (Å²) >= 11 is 0. The van der Waals surface area contributed by atoms with E-state index in [4.69, 9.17) is 13.9 Å². The summed E-state index contributed by atoms with van der Waals surface area (Å²) in [4.78, 5) is 29.2. The number of furan rings is 1. The molecule has 1 heterocycles. The van der Waals surface area contributed by atoms with Crippen molar-refractivity contribution in [3.8, 4) is 11.5 Å². The lowest BCUT2D eigenvalue weighted by Gasteiger charge is -2.33. The molecule has 4 rings (SSSR count). The van der Waals surface area contributed by atoms with Crippen LogP contribution in [-0.2, 0) is 11.3 Å². The maximum atomic E-state index is 13.9. The van der Waals surface area contributed by atoms with Crippen molar-refractivity contribution >= 4 is 11.8 Å². The van der Waals surface area contributed by atoms with E-state index in [1.54, 1.807) is 24.1 Å². The first-order chi connectivity index (χ1) is 17.6. The number of nitrogens with zero attached hydrogens (tertiary/aromatic N) is 1. The standard InChI is InChI=1S/C29H34N2O5/c1-3-35-24-17-15-21(16-18-24)27(28(32)30-23-11-5-4-6-12-23)31(29(33)26-14-9-19-36-26)20-22-10-7-8-13-25(22)34-2/h7-10,13-19,23,27H,3-6,11-12,20H2,1-2H3,(H,30,32)/t27-/m1/s1. The molecule has 1 saturated carbocycles. The number of hydrogen-bond donors (Lipinski definition) is 1. The largest absolute Gasteiger partial charge is 0.496 e. The van der Waals surface area contributed by atoms with Crippen LogP contribution in [-0.4, -0.2) is 36.5 Å². The number of amides is 2. The quantitative estimate of drug-likeness (QED) is 0.405. The molecule has 0 spiro atoms. The van der Waals surface area contributed by atoms with Gasteiger partial charge in [-0.25, -0.2) is 0 Å². The summed E-state index contributed by atoms with van der Waals surface area (Å²) in [6.07, 6.45) is 6.72. The summed E-state index contributed by atoms with van der Waals surface area (Å²) in [5, 5.41) is 3.23. The molecular weight excluding hydrogens is 456 g/mol. The Morgan fingerprint density at radius 2 is 1.78 bits per heavy atom. The molecule has 1 aromatic heterocycles. The topological polar surface area (TPSA) is 81.0 Å². The van der Waals surface area contributed by atoms with Crippen LogP contribution < -0.4 is 14.8 Å². The zero-order valence-electron chi connectivity index (χ0n) is 20.9. The summed E-state index contributed by atoms with van der Waals surface area (Å²) < 4.78 is 16.6. The van der Waals surface area contributed by atoms with Crippen LogP contribution in [0.4, 0.5) is 0 Å². The Kier molecular flexibility index (Phi) is 8.66. The Labute approximate surface area is 212 Å². The molecule has 3 aromatic rings. The smallest absolute Gasteiger partial charge is 0.290 e. The van der Waals surface area contributed by atoms with Gasteiger partial charge in [-0.3, -0.25) is 9.59 Å². The Morgan fingerprint density at radius 1 is 1.03 bits per heavy atom. The van der Waals surface area contributed by atoms with Gasteiger partial charge in [0.15, 0.2) is 5.76 Å². The van der Waals surface area contributed by atoms with Crippen molar-refractivity contribution in [3.63, 3.8) is 0 Å². The first-order valence-corrected chi connectivity index (χ1v) is 12.6. The van der Waals surface area contributed by atoms with Gasteiger partial charge in [0.1, 0.15) is 17.5 Å². The highest BCUT2D eigenvalue weighted by Gasteiger charge is 2.35. The molecule has 7 heteroatoms. The molecule has 1 aliphatic carbocycles. The van der Waals surface area contributed by atoms with Crippen molar-refractivity contribution in [1.82, 2.24) is 10.2 Å². The zero-order chi connectivity index (χ0) is 25.3. The van der Waals surface area contributed by atoms with E-state index in [1.165, 1.54) is 12.7 Å². The molecule has 1 atom stereocenters. The van der Waals surface area contributed by atoms with Crippen LogP contribution in [0.3, 0.4) is 0 Å². The molecule has 190 valence electrons. The minimum atomic E-state index is -0.870. The van der Waals surface area contributed by atoms with Gasteiger partial charge in [-0.05, 0) is 55.7 Å². The van der Waals surface area contributed by atoms with Gasteiger partial charge in [0.2, 0.25) is 5.91 Å². The highest BCUT2D eigenvalue weighted by atomic mass is 16.5. The summed E-state index contributed by atoms with van der Waals surface area (Å²) in [6.45, 7) is 2.63. The Hall–Kier alpha value is -3.74. The molecule has 0 unspecified atom stereocenters. The van der Waals surface area contributed by atoms with E-state index in [2.05, 4.69) is 5.32 Å². The summed E-state index contributed by atoms with van der Waals surface area (Å²) in [7, 11) is 1.59. The van der Waals surface area contributed by atoms with Crippen molar-refractivity contribution in [2.45, 2.75) is 57.7 Å². The van der Waals surface area contributed by atoms with Gasteiger partial charge in [-0.15, -0.1) is 0 Å². The normalized spacial score (nSPS) is 14.6. The summed E-state index contributed by atoms with van der Waals surface area (Å²) in [6, 6.07) is 17.4. The summed E-state index contributed by atoms with van der Waals surface area (Å²) in [5.41, 5.74) is 1.49. The lowest BCUT2D eigenvalue weighted by Crippen LogP contribution is -2.46. The van der Waals surface area contributed by atoms with Crippen LogP contribution in [0.25, 0.3) is 0 Å². The number of para-hydroxylation sites is 1. The van der Waals surface area contributed by atoms with Gasteiger partial charge in [0.25, 0.3) is 5.91 Å². The van der Waals surface area contributed by atoms with Crippen molar-refractivity contribution in [2.75, 3.05) is 13.7 Å². The first-order valence-electron chi connectivity index (χ1n) is 12.6. The fourth-order valence-corrected chi connectivity index (χ4v) is 4.75. The van der Waals surface area contributed by atoms with Crippen molar-refractivity contribution in [1.29, 1.82) is 0 Å². The van der Waals surface area contributed by atoms with Crippen LogP contribution in [0.5, 0.6) is 11.5 Å². The third-order valence-corrected chi connectivity index (χ3v) is 6.54. The lowest BCUT2D eigenvalue weighted by molar-refractivity contribution is -0.127. The highest BCUT2D eigenvalue weighted by Crippen LogP contribution is 2.30. The molecule has 1 aliphatic rings. The predicted octanol–water partition coefficient (Wildman–Crippen LogP) is 5.52. The monoisotopic (exact) mass is 490 g/mol. The third kappa shape index (κ3) is 6.08.